The Balaban J connectivity index is -0.0000000846. The van der Waals surface area contributed by atoms with Crippen LogP contribution in [0.15, 0.2) is 0 Å². The molecule has 0 saturated carbocycles. The monoisotopic (exact) mass is 520 g/mol. The molecule has 3 nitrogen and oxygen atoms in total. The van der Waals surface area contributed by atoms with E-state index in [1.54, 1.807) is 0 Å². The molecule has 0 saturated heterocycles. The van der Waals surface area contributed by atoms with E-state index in [1.165, 1.54) is 77.0 Å². The van der Waals surface area contributed by atoms with Gasteiger partial charge >= 0.3 is 29.9 Å². The van der Waals surface area contributed by atoms with Crippen LogP contribution in [-0.4, -0.2) is 23.4 Å². The number of unbranched alkanes of at least 4 members (excludes halogenated alkanes) is 12. The van der Waals surface area contributed by atoms with E-state index in [4.69, 9.17) is 13.6 Å². The van der Waals surface area contributed by atoms with Gasteiger partial charge in [-0.3, -0.25) is 0 Å². The summed E-state index contributed by atoms with van der Waals surface area (Å²) in [6.07, 6.45) is 19.5. The summed E-state index contributed by atoms with van der Waals surface area (Å²) in [5.74, 6) is 0. The quantitative estimate of drug-likeness (QED) is 0.138. The third-order valence-electron chi connectivity index (χ3n) is 3.73. The van der Waals surface area contributed by atoms with Gasteiger partial charge in [0, 0.05) is 13.2 Å². The summed E-state index contributed by atoms with van der Waals surface area (Å²) in [7, 11) is 3.97. The van der Waals surface area contributed by atoms with Crippen LogP contribution < -0.4 is 0 Å². The zero-order valence-electron chi connectivity index (χ0n) is 20.3. The fourth-order valence-corrected chi connectivity index (χ4v) is 1.93. The maximum absolute atomic E-state index is 8.88. The van der Waals surface area contributed by atoms with Gasteiger partial charge in [0.2, 0.25) is 0 Å². The Bertz CT molecular complexity index is 202. The van der Waals surface area contributed by atoms with E-state index in [0.717, 1.165) is 25.7 Å². The van der Waals surface area contributed by atoms with Crippen molar-refractivity contribution in [3.63, 3.8) is 0 Å². The summed E-state index contributed by atoms with van der Waals surface area (Å²) in [5, 5.41) is 16.6. The van der Waals surface area contributed by atoms with Crippen molar-refractivity contribution in [2.24, 2.45) is 0 Å². The van der Waals surface area contributed by atoms with Crippen LogP contribution in [0.25, 0.3) is 0 Å². The van der Waals surface area contributed by atoms with Crippen molar-refractivity contribution >= 4 is 9.82 Å². The molecule has 0 bridgehead atoms. The molecule has 0 aliphatic rings. The van der Waals surface area contributed by atoms with Gasteiger partial charge in [0.15, 0.2) is 0 Å². The van der Waals surface area contributed by atoms with Gasteiger partial charge < -0.3 is 24.1 Å². The third-order valence-corrected chi connectivity index (χ3v) is 3.73. The van der Waals surface area contributed by atoms with Crippen LogP contribution in [0.2, 0.25) is 0 Å². The van der Waals surface area contributed by atoms with Gasteiger partial charge in [0.25, 0.3) is 0 Å². The maximum atomic E-state index is 8.88. The summed E-state index contributed by atoms with van der Waals surface area (Å²) in [6, 6.07) is 0. The van der Waals surface area contributed by atoms with E-state index in [-0.39, 0.29) is 0 Å². The molecule has 0 amide bonds. The van der Waals surface area contributed by atoms with Gasteiger partial charge in [-0.25, -0.2) is 0 Å². The van der Waals surface area contributed by atoms with Crippen LogP contribution in [0.5, 0.6) is 0 Å². The number of hydrogen-bond acceptors (Lipinski definition) is 4. The fraction of sp³-hybridized carbons (Fsp3) is 0.917. The Morgan fingerprint density at radius 3 is 0.966 bits per heavy atom. The second kappa shape index (κ2) is 56.7. The van der Waals surface area contributed by atoms with E-state index in [0.29, 0.717) is 13.2 Å². The van der Waals surface area contributed by atoms with E-state index in [9.17, 15) is 0 Å². The average Bonchev–Trinajstić information content (AvgIpc) is 2.73. The SMILES string of the molecule is CCCCCCO.CCCCCCO.[CH2-]CCCCC.[CH2-]CCCCC.[O]=[Mo+2]=[S]. The van der Waals surface area contributed by atoms with Gasteiger partial charge in [-0.05, 0) is 12.8 Å². The minimum atomic E-state index is -1.20. The molecule has 0 unspecified atom stereocenters. The molecule has 0 fully saturated rings. The first-order valence-corrected chi connectivity index (χ1v) is 15.4. The molecule has 0 aliphatic carbocycles. The summed E-state index contributed by atoms with van der Waals surface area (Å²) < 4.78 is 8.88. The Morgan fingerprint density at radius 1 is 0.586 bits per heavy atom. The van der Waals surface area contributed by atoms with Crippen LogP contribution in [-0.2, 0) is 20.1 Å². The van der Waals surface area contributed by atoms with E-state index in [1.807, 2.05) is 0 Å². The van der Waals surface area contributed by atoms with Crippen LogP contribution in [0.4, 0.5) is 0 Å². The molecule has 180 valence electrons. The predicted molar refractivity (Wildman–Crippen MR) is 130 cm³/mol. The Kier molecular flexibility index (Phi) is 78.3. The summed E-state index contributed by atoms with van der Waals surface area (Å²) >= 11 is -1.20. The van der Waals surface area contributed by atoms with Crippen LogP contribution in [0, 0.1) is 13.8 Å². The van der Waals surface area contributed by atoms with Gasteiger partial charge in [0.05, 0.1) is 0 Å². The van der Waals surface area contributed by atoms with Crippen molar-refractivity contribution in [3.8, 4) is 0 Å². The summed E-state index contributed by atoms with van der Waals surface area (Å²) in [5.41, 5.74) is 0. The Hall–Kier alpha value is 0.628. The second-order valence-corrected chi connectivity index (χ2v) is 7.90. The number of hydrogen-bond donors (Lipinski definition) is 2. The van der Waals surface area contributed by atoms with Crippen molar-refractivity contribution in [2.45, 2.75) is 130 Å². The fourth-order valence-electron chi connectivity index (χ4n) is 1.93. The molecule has 5 heteroatoms. The van der Waals surface area contributed by atoms with Gasteiger partial charge in [-0.1, -0.05) is 105 Å². The molecule has 0 rings (SSSR count). The first-order chi connectivity index (χ1) is 14.1. The molecule has 0 aliphatic heterocycles. The van der Waals surface area contributed by atoms with E-state index >= 15 is 0 Å². The van der Waals surface area contributed by atoms with E-state index < -0.39 is 16.7 Å². The molecular weight excluding hydrogens is 464 g/mol. The Labute approximate surface area is 197 Å². The molecular formula is C24H54MoO3S. The molecule has 0 aromatic carbocycles. The summed E-state index contributed by atoms with van der Waals surface area (Å²) in [6.45, 7) is 16.9. The zero-order valence-corrected chi connectivity index (χ0v) is 23.1. The van der Waals surface area contributed by atoms with Gasteiger partial charge in [-0.15, -0.1) is 0 Å². The topological polar surface area (TPSA) is 57.5 Å². The van der Waals surface area contributed by atoms with Crippen LogP contribution in [0.3, 0.4) is 0 Å². The molecule has 0 radical (unpaired) electrons. The molecule has 2 N–H and O–H groups in total. The minimum absolute atomic E-state index is 0.361. The Morgan fingerprint density at radius 2 is 0.828 bits per heavy atom. The average molecular weight is 519 g/mol. The standard InChI is InChI=1S/2C6H14O.2C6H13.Mo.O.S/c2*1-2-3-4-5-6-7;2*1-3-5-6-4-2;;;/h2*7H,2-6H2,1H3;2*1,3-6H2,2H3;;;/q;;2*-1;+2;;. The second-order valence-electron chi connectivity index (χ2n) is 6.76. The molecule has 0 heterocycles. The molecule has 29 heavy (non-hydrogen) atoms. The molecule has 0 atom stereocenters. The number of rotatable bonds is 14. The molecule has 0 spiro atoms. The normalized spacial score (nSPS) is 8.55. The number of aliphatic hydroxyl groups excluding tert-OH is 2. The first-order valence-electron chi connectivity index (χ1n) is 11.8. The van der Waals surface area contributed by atoms with Gasteiger partial charge in [0.1, 0.15) is 0 Å². The van der Waals surface area contributed by atoms with Crippen molar-refractivity contribution in [2.75, 3.05) is 13.2 Å². The first kappa shape index (κ1) is 40.0. The van der Waals surface area contributed by atoms with E-state index in [2.05, 4.69) is 51.4 Å². The third kappa shape index (κ3) is 94.9. The predicted octanol–water partition coefficient (Wildman–Crippen LogP) is 8.45. The summed E-state index contributed by atoms with van der Waals surface area (Å²) in [4.78, 5) is 0. The van der Waals surface area contributed by atoms with Crippen molar-refractivity contribution in [1.29, 1.82) is 0 Å². The van der Waals surface area contributed by atoms with Crippen molar-refractivity contribution in [1.82, 2.24) is 0 Å². The van der Waals surface area contributed by atoms with Crippen molar-refractivity contribution < 1.29 is 30.3 Å². The molecule has 0 aromatic rings. The van der Waals surface area contributed by atoms with Crippen molar-refractivity contribution in [3.05, 3.63) is 13.8 Å². The van der Waals surface area contributed by atoms with Crippen LogP contribution in [0.1, 0.15) is 130 Å². The van der Waals surface area contributed by atoms with Gasteiger partial charge in [-0.2, -0.15) is 12.8 Å². The van der Waals surface area contributed by atoms with Crippen LogP contribution >= 0.6 is 9.82 Å². The molecule has 0 aromatic heterocycles. The zero-order chi connectivity index (χ0) is 23.4. The number of aliphatic hydroxyl groups is 2.